The quantitative estimate of drug-likeness (QED) is 0.695. The van der Waals surface area contributed by atoms with Gasteiger partial charge in [0.15, 0.2) is 0 Å². The number of hydrogen-bond donors (Lipinski definition) is 1. The van der Waals surface area contributed by atoms with Gasteiger partial charge in [0.2, 0.25) is 5.91 Å². The largest absolute Gasteiger partial charge is 0.370 e. The van der Waals surface area contributed by atoms with Crippen LogP contribution in [0.1, 0.15) is 28.5 Å². The van der Waals surface area contributed by atoms with Gasteiger partial charge in [0.05, 0.1) is 25.3 Å². The number of fused-ring (bicyclic) bond motifs is 1. The van der Waals surface area contributed by atoms with Crippen molar-refractivity contribution in [2.75, 3.05) is 13.2 Å². The first kappa shape index (κ1) is 19.3. The third-order valence-corrected chi connectivity index (χ3v) is 4.82. The predicted molar refractivity (Wildman–Crippen MR) is 103 cm³/mol. The lowest BCUT2D eigenvalue weighted by atomic mass is 10.1. The van der Waals surface area contributed by atoms with E-state index >= 15 is 0 Å². The van der Waals surface area contributed by atoms with Gasteiger partial charge in [-0.25, -0.2) is 8.78 Å². The van der Waals surface area contributed by atoms with Crippen molar-refractivity contribution in [3.05, 3.63) is 88.7 Å². The maximum atomic E-state index is 13.3. The smallest absolute Gasteiger partial charge is 0.224 e. The van der Waals surface area contributed by atoms with Gasteiger partial charge in [-0.2, -0.15) is 5.10 Å². The second-order valence-corrected chi connectivity index (χ2v) is 7.09. The molecular weight excluding hydrogens is 376 g/mol. The van der Waals surface area contributed by atoms with Crippen LogP contribution in [0.15, 0.2) is 54.7 Å². The molecule has 5 nitrogen and oxygen atoms in total. The number of carbonyl (C=O) groups excluding carboxylic acids is 1. The summed E-state index contributed by atoms with van der Waals surface area (Å²) < 4.78 is 34.2. The van der Waals surface area contributed by atoms with Crippen molar-refractivity contribution in [2.45, 2.75) is 25.5 Å². The Morgan fingerprint density at radius 3 is 2.66 bits per heavy atom. The molecule has 1 aliphatic heterocycles. The number of nitrogens with one attached hydrogen (secondary N) is 1. The topological polar surface area (TPSA) is 56.1 Å². The summed E-state index contributed by atoms with van der Waals surface area (Å²) in [5.41, 5.74) is 3.38. The minimum atomic E-state index is -0.697. The first-order valence-corrected chi connectivity index (χ1v) is 9.50. The monoisotopic (exact) mass is 397 g/mol. The molecule has 3 aromatic rings. The molecule has 0 saturated carbocycles. The molecular formula is C22H21F2N3O2. The summed E-state index contributed by atoms with van der Waals surface area (Å²) in [6, 6.07) is 13.1. The molecule has 1 unspecified atom stereocenters. The summed E-state index contributed by atoms with van der Waals surface area (Å²) in [6.45, 7) is 1.48. The third-order valence-electron chi connectivity index (χ3n) is 4.82. The number of nitrogens with zero attached hydrogens (tertiary/aromatic N) is 2. The van der Waals surface area contributed by atoms with E-state index in [1.54, 1.807) is 0 Å². The third kappa shape index (κ3) is 4.86. The Morgan fingerprint density at radius 1 is 1.14 bits per heavy atom. The van der Waals surface area contributed by atoms with Gasteiger partial charge in [0.25, 0.3) is 0 Å². The Bertz CT molecular complexity index is 984. The number of rotatable bonds is 6. The molecule has 1 aromatic heterocycles. The van der Waals surface area contributed by atoms with Crippen LogP contribution in [0.2, 0.25) is 0 Å². The van der Waals surface area contributed by atoms with Crippen LogP contribution in [0.3, 0.4) is 0 Å². The maximum absolute atomic E-state index is 13.3. The fourth-order valence-electron chi connectivity index (χ4n) is 3.51. The summed E-state index contributed by atoms with van der Waals surface area (Å²) in [6.07, 6.45) is 2.35. The number of benzene rings is 2. The second kappa shape index (κ2) is 8.53. The Kier molecular flexibility index (Phi) is 5.67. The average molecular weight is 397 g/mol. The minimum absolute atomic E-state index is 0.100. The van der Waals surface area contributed by atoms with E-state index < -0.39 is 11.6 Å². The van der Waals surface area contributed by atoms with E-state index in [2.05, 4.69) is 10.4 Å². The molecule has 1 N–H and O–H groups in total. The highest BCUT2D eigenvalue weighted by molar-refractivity contribution is 5.78. The number of amides is 1. The van der Waals surface area contributed by atoms with Crippen molar-refractivity contribution < 1.29 is 18.3 Å². The zero-order valence-corrected chi connectivity index (χ0v) is 15.8. The van der Waals surface area contributed by atoms with Crippen molar-refractivity contribution in [3.63, 3.8) is 0 Å². The van der Waals surface area contributed by atoms with Crippen LogP contribution in [0.4, 0.5) is 8.78 Å². The molecule has 0 fully saturated rings. The SMILES string of the molecule is O=C(Cc1cc(F)cc(F)c1)NCC1OCCc2cn(Cc3ccccc3)nc21. The molecule has 7 heteroatoms. The molecule has 0 radical (unpaired) electrons. The number of ether oxygens (including phenoxy) is 1. The lowest BCUT2D eigenvalue weighted by Gasteiger charge is -2.22. The Balaban J connectivity index is 1.38. The van der Waals surface area contributed by atoms with Gasteiger partial charge >= 0.3 is 0 Å². The summed E-state index contributed by atoms with van der Waals surface area (Å²) in [5, 5.41) is 7.44. The summed E-state index contributed by atoms with van der Waals surface area (Å²) in [4.78, 5) is 12.2. The lowest BCUT2D eigenvalue weighted by molar-refractivity contribution is -0.121. The van der Waals surface area contributed by atoms with E-state index in [-0.39, 0.29) is 30.5 Å². The van der Waals surface area contributed by atoms with Crippen LogP contribution in [0, 0.1) is 11.6 Å². The Hall–Kier alpha value is -3.06. The normalized spacial score (nSPS) is 15.7. The van der Waals surface area contributed by atoms with Crippen molar-refractivity contribution in [2.24, 2.45) is 0 Å². The lowest BCUT2D eigenvalue weighted by Crippen LogP contribution is -2.32. The summed E-state index contributed by atoms with van der Waals surface area (Å²) in [7, 11) is 0. The number of halogens is 2. The zero-order chi connectivity index (χ0) is 20.2. The molecule has 1 amide bonds. The van der Waals surface area contributed by atoms with Gasteiger partial charge < -0.3 is 10.1 Å². The van der Waals surface area contributed by atoms with Crippen LogP contribution in [-0.2, 0) is 28.9 Å². The number of hydrogen-bond acceptors (Lipinski definition) is 3. The zero-order valence-electron chi connectivity index (χ0n) is 15.8. The van der Waals surface area contributed by atoms with Gasteiger partial charge in [-0.1, -0.05) is 30.3 Å². The standard InChI is InChI=1S/C22H21F2N3O2/c23-18-8-16(9-19(24)11-18)10-21(28)25-12-20-22-17(6-7-29-20)14-27(26-22)13-15-4-2-1-3-5-15/h1-5,8-9,11,14,20H,6-7,10,12-13H2,(H,25,28). The number of aromatic nitrogens is 2. The van der Waals surface area contributed by atoms with Crippen LogP contribution in [0.5, 0.6) is 0 Å². The molecule has 0 spiro atoms. The molecule has 4 rings (SSSR count). The molecule has 0 saturated heterocycles. The van der Waals surface area contributed by atoms with Crippen LogP contribution in [0.25, 0.3) is 0 Å². The highest BCUT2D eigenvalue weighted by atomic mass is 19.1. The molecule has 0 bridgehead atoms. The van der Waals surface area contributed by atoms with E-state index in [4.69, 9.17) is 4.74 Å². The summed E-state index contributed by atoms with van der Waals surface area (Å²) in [5.74, 6) is -1.72. The van der Waals surface area contributed by atoms with E-state index in [9.17, 15) is 13.6 Å². The van der Waals surface area contributed by atoms with Gasteiger partial charge in [0.1, 0.15) is 17.7 Å². The van der Waals surface area contributed by atoms with E-state index in [1.807, 2.05) is 41.2 Å². The Labute approximate surface area is 167 Å². The fourth-order valence-corrected chi connectivity index (χ4v) is 3.51. The van der Waals surface area contributed by atoms with Crippen molar-refractivity contribution in [1.29, 1.82) is 0 Å². The first-order valence-electron chi connectivity index (χ1n) is 9.50. The van der Waals surface area contributed by atoms with Crippen LogP contribution >= 0.6 is 0 Å². The Morgan fingerprint density at radius 2 is 1.90 bits per heavy atom. The highest BCUT2D eigenvalue weighted by Crippen LogP contribution is 2.25. The van der Waals surface area contributed by atoms with Crippen molar-refractivity contribution in [3.8, 4) is 0 Å². The van der Waals surface area contributed by atoms with Gasteiger partial charge in [-0.05, 0) is 35.2 Å². The first-order chi connectivity index (χ1) is 14.1. The van der Waals surface area contributed by atoms with Gasteiger partial charge in [-0.15, -0.1) is 0 Å². The van der Waals surface area contributed by atoms with Gasteiger partial charge in [0, 0.05) is 18.8 Å². The molecule has 2 aromatic carbocycles. The minimum Gasteiger partial charge on any atom is -0.370 e. The molecule has 150 valence electrons. The second-order valence-electron chi connectivity index (χ2n) is 7.09. The van der Waals surface area contributed by atoms with Crippen LogP contribution < -0.4 is 5.32 Å². The molecule has 2 heterocycles. The van der Waals surface area contributed by atoms with Crippen LogP contribution in [-0.4, -0.2) is 28.8 Å². The maximum Gasteiger partial charge on any atom is 0.224 e. The van der Waals surface area contributed by atoms with E-state index in [0.29, 0.717) is 13.2 Å². The predicted octanol–water partition coefficient (Wildman–Crippen LogP) is 3.18. The molecule has 0 aliphatic carbocycles. The number of carbonyl (C=O) groups is 1. The van der Waals surface area contributed by atoms with Crippen molar-refractivity contribution in [1.82, 2.24) is 15.1 Å². The van der Waals surface area contributed by atoms with E-state index in [0.717, 1.165) is 41.4 Å². The molecule has 29 heavy (non-hydrogen) atoms. The molecule has 1 aliphatic rings. The van der Waals surface area contributed by atoms with Gasteiger partial charge in [-0.3, -0.25) is 9.48 Å². The average Bonchev–Trinajstić information content (AvgIpc) is 3.09. The van der Waals surface area contributed by atoms with Crippen molar-refractivity contribution >= 4 is 5.91 Å². The molecule has 1 atom stereocenters. The fraction of sp³-hybridized carbons (Fsp3) is 0.273. The highest BCUT2D eigenvalue weighted by Gasteiger charge is 2.25. The summed E-state index contributed by atoms with van der Waals surface area (Å²) >= 11 is 0. The van der Waals surface area contributed by atoms with E-state index in [1.165, 1.54) is 0 Å².